The van der Waals surface area contributed by atoms with Gasteiger partial charge in [-0.15, -0.1) is 0 Å². The molecule has 44 heavy (non-hydrogen) atoms. The average molecular weight is 627 g/mol. The van der Waals surface area contributed by atoms with E-state index < -0.39 is 37.3 Å². The molecule has 3 aromatic rings. The molecule has 0 aliphatic heterocycles. The van der Waals surface area contributed by atoms with Gasteiger partial charge in [-0.3, -0.25) is 9.69 Å². The minimum absolute atomic E-state index is 0.0544. The third kappa shape index (κ3) is 8.28. The number of fused-ring (bicyclic) bond motifs is 1. The van der Waals surface area contributed by atoms with Crippen molar-refractivity contribution in [2.75, 3.05) is 13.2 Å². The zero-order valence-electron chi connectivity index (χ0n) is 27.2. The van der Waals surface area contributed by atoms with Crippen LogP contribution in [-0.4, -0.2) is 59.4 Å². The molecule has 0 unspecified atom stereocenters. The Kier molecular flexibility index (Phi) is 10.4. The van der Waals surface area contributed by atoms with Gasteiger partial charge < -0.3 is 29.1 Å². The first-order chi connectivity index (χ1) is 20.3. The summed E-state index contributed by atoms with van der Waals surface area (Å²) in [5, 5.41) is 20.9. The van der Waals surface area contributed by atoms with Crippen molar-refractivity contribution in [2.45, 2.75) is 90.8 Å². The normalized spacial score (nSPS) is 13.8. The second-order valence-corrected chi connectivity index (χ2v) is 18.6. The van der Waals surface area contributed by atoms with E-state index >= 15 is 0 Å². The maximum atomic E-state index is 13.0. The van der Waals surface area contributed by atoms with Gasteiger partial charge in [-0.2, -0.15) is 0 Å². The number of carbonyl (C=O) groups is 2. The van der Waals surface area contributed by atoms with Crippen molar-refractivity contribution < 1.29 is 33.7 Å². The summed E-state index contributed by atoms with van der Waals surface area (Å²) in [4.78, 5) is 42.2. The molecule has 3 rings (SSSR count). The highest BCUT2D eigenvalue weighted by Gasteiger charge is 2.41. The Hall–Kier alpha value is -3.67. The fraction of sp³-hybridized carbons (Fsp3) is 0.485. The number of aliphatic hydroxyl groups excluding tert-OH is 1. The number of carboxylic acid groups (broad SMARTS) is 1. The van der Waals surface area contributed by atoms with Crippen LogP contribution in [0.4, 0.5) is 9.59 Å². The number of nitrogens with zero attached hydrogens (tertiary/aromatic N) is 1. The number of hydrogen-bond acceptors (Lipinski definition) is 7. The van der Waals surface area contributed by atoms with E-state index in [9.17, 15) is 24.6 Å². The smallest absolute Gasteiger partial charge is 0.465 e. The van der Waals surface area contributed by atoms with Crippen LogP contribution in [0.3, 0.4) is 0 Å². The van der Waals surface area contributed by atoms with Gasteiger partial charge >= 0.3 is 12.2 Å². The summed E-state index contributed by atoms with van der Waals surface area (Å²) < 4.78 is 17.2. The molecule has 240 valence electrons. The Labute approximate surface area is 260 Å². The molecule has 3 N–H and O–H groups in total. The summed E-state index contributed by atoms with van der Waals surface area (Å²) in [6.07, 6.45) is -1.83. The second-order valence-electron chi connectivity index (χ2n) is 13.8. The van der Waals surface area contributed by atoms with E-state index in [2.05, 4.69) is 38.8 Å². The lowest BCUT2D eigenvalue weighted by Crippen LogP contribution is -2.51. The summed E-state index contributed by atoms with van der Waals surface area (Å²) in [6.45, 7) is 17.7. The van der Waals surface area contributed by atoms with Crippen molar-refractivity contribution in [3.8, 4) is 5.75 Å². The SMILES string of the molecule is CC(C)(C)OC(=O)Oc1ccc([C@@](C)(Cc2cccc(CO)c2)N(CCO[Si](C)(C)C(C)(C)C)C(=O)O)c2ccc(=O)[nH]c12. The van der Waals surface area contributed by atoms with Crippen LogP contribution in [0.25, 0.3) is 10.9 Å². The standard InChI is InChI=1S/C33H46N2O8Si/c1-31(2,3)43-30(40)42-26-15-14-25(24-13-16-27(37)34-28(24)26)33(7,20-22-11-10-12-23(19-22)21-36)35(29(38)39)17-18-41-44(8,9)32(4,5)6/h10-16,19,36H,17-18,20-21H2,1-9H3,(H,34,37)(H,38,39)/t33-/m1/s1. The van der Waals surface area contributed by atoms with Gasteiger partial charge in [0.05, 0.1) is 24.3 Å². The lowest BCUT2D eigenvalue weighted by atomic mass is 9.81. The molecule has 0 saturated heterocycles. The van der Waals surface area contributed by atoms with Gasteiger partial charge in [0.25, 0.3) is 0 Å². The van der Waals surface area contributed by atoms with Gasteiger partial charge in [0.15, 0.2) is 14.1 Å². The van der Waals surface area contributed by atoms with Crippen molar-refractivity contribution in [2.24, 2.45) is 0 Å². The Balaban J connectivity index is 2.18. The van der Waals surface area contributed by atoms with Crippen molar-refractivity contribution in [1.29, 1.82) is 0 Å². The number of aromatic amines is 1. The number of aliphatic hydroxyl groups is 1. The number of carbonyl (C=O) groups excluding carboxylic acids is 1. The second kappa shape index (κ2) is 13.1. The molecule has 2 aromatic carbocycles. The molecule has 0 saturated carbocycles. The quantitative estimate of drug-likeness (QED) is 0.127. The zero-order chi connectivity index (χ0) is 33.1. The third-order valence-electron chi connectivity index (χ3n) is 8.15. The first kappa shape index (κ1) is 34.8. The molecular weight excluding hydrogens is 580 g/mol. The molecule has 0 aliphatic carbocycles. The number of H-pyrrole nitrogens is 1. The monoisotopic (exact) mass is 626 g/mol. The van der Waals surface area contributed by atoms with E-state index in [0.717, 1.165) is 5.56 Å². The third-order valence-corrected chi connectivity index (χ3v) is 12.7. The van der Waals surface area contributed by atoms with Crippen LogP contribution in [0.2, 0.25) is 18.1 Å². The molecule has 1 amide bonds. The molecule has 0 bridgehead atoms. The predicted octanol–water partition coefficient (Wildman–Crippen LogP) is 6.79. The van der Waals surface area contributed by atoms with Gasteiger partial charge in [-0.25, -0.2) is 9.59 Å². The van der Waals surface area contributed by atoms with Crippen LogP contribution in [0.1, 0.15) is 65.2 Å². The maximum Gasteiger partial charge on any atom is 0.514 e. The average Bonchev–Trinajstić information content (AvgIpc) is 2.89. The van der Waals surface area contributed by atoms with E-state index in [1.54, 1.807) is 39.0 Å². The fourth-order valence-corrected chi connectivity index (χ4v) is 5.91. The van der Waals surface area contributed by atoms with Crippen LogP contribution >= 0.6 is 0 Å². The van der Waals surface area contributed by atoms with E-state index in [1.165, 1.54) is 17.0 Å². The molecule has 0 fully saturated rings. The van der Waals surface area contributed by atoms with Crippen molar-refractivity contribution in [3.63, 3.8) is 0 Å². The van der Waals surface area contributed by atoms with Crippen LogP contribution in [0.15, 0.2) is 53.3 Å². The number of ether oxygens (including phenoxy) is 2. The topological polar surface area (TPSA) is 138 Å². The Morgan fingerprint density at radius 3 is 2.20 bits per heavy atom. The van der Waals surface area contributed by atoms with Crippen LogP contribution in [-0.2, 0) is 27.7 Å². The van der Waals surface area contributed by atoms with Gasteiger partial charge in [-0.1, -0.05) is 51.1 Å². The van der Waals surface area contributed by atoms with E-state index in [-0.39, 0.29) is 42.5 Å². The highest BCUT2D eigenvalue weighted by atomic mass is 28.4. The number of amides is 1. The van der Waals surface area contributed by atoms with E-state index in [1.807, 2.05) is 25.1 Å². The largest absolute Gasteiger partial charge is 0.514 e. The predicted molar refractivity (Wildman–Crippen MR) is 173 cm³/mol. The molecule has 10 nitrogen and oxygen atoms in total. The summed E-state index contributed by atoms with van der Waals surface area (Å²) in [6, 6.07) is 13.5. The summed E-state index contributed by atoms with van der Waals surface area (Å²) in [5.41, 5.74) is -0.0680. The fourth-order valence-electron chi connectivity index (χ4n) is 4.87. The van der Waals surface area contributed by atoms with Crippen molar-refractivity contribution >= 4 is 31.5 Å². The summed E-state index contributed by atoms with van der Waals surface area (Å²) >= 11 is 0. The minimum Gasteiger partial charge on any atom is -0.465 e. The first-order valence-electron chi connectivity index (χ1n) is 14.7. The molecular formula is C33H46N2O8Si. The number of pyridine rings is 1. The van der Waals surface area contributed by atoms with Crippen molar-refractivity contribution in [3.05, 3.63) is 75.6 Å². The molecule has 1 atom stereocenters. The van der Waals surface area contributed by atoms with Crippen LogP contribution in [0.5, 0.6) is 5.75 Å². The Morgan fingerprint density at radius 2 is 1.61 bits per heavy atom. The van der Waals surface area contributed by atoms with Gasteiger partial charge in [0, 0.05) is 18.0 Å². The molecule has 1 heterocycles. The number of benzene rings is 2. The number of nitrogens with one attached hydrogen (secondary N) is 1. The lowest BCUT2D eigenvalue weighted by molar-refractivity contribution is 0.0208. The minimum atomic E-state index is -2.17. The van der Waals surface area contributed by atoms with Gasteiger partial charge in [-0.05, 0) is 81.1 Å². The number of rotatable bonds is 10. The Bertz CT molecular complexity index is 1550. The Morgan fingerprint density at radius 1 is 0.955 bits per heavy atom. The molecule has 11 heteroatoms. The highest BCUT2D eigenvalue weighted by molar-refractivity contribution is 6.74. The summed E-state index contributed by atoms with van der Waals surface area (Å²) in [5.74, 6) is 0.0727. The summed E-state index contributed by atoms with van der Waals surface area (Å²) in [7, 11) is -2.17. The van der Waals surface area contributed by atoms with E-state index in [0.29, 0.717) is 16.5 Å². The number of hydrogen-bond donors (Lipinski definition) is 3. The van der Waals surface area contributed by atoms with Crippen LogP contribution in [0, 0.1) is 0 Å². The zero-order valence-corrected chi connectivity index (χ0v) is 28.2. The highest BCUT2D eigenvalue weighted by Crippen LogP contribution is 2.40. The first-order valence-corrected chi connectivity index (χ1v) is 17.6. The molecule has 0 aliphatic rings. The number of aromatic nitrogens is 1. The van der Waals surface area contributed by atoms with E-state index in [4.69, 9.17) is 13.9 Å². The van der Waals surface area contributed by atoms with Crippen LogP contribution < -0.4 is 10.3 Å². The van der Waals surface area contributed by atoms with Gasteiger partial charge in [0.1, 0.15) is 5.60 Å². The maximum absolute atomic E-state index is 13.0. The van der Waals surface area contributed by atoms with Gasteiger partial charge in [0.2, 0.25) is 5.56 Å². The molecule has 0 spiro atoms. The van der Waals surface area contributed by atoms with Crippen molar-refractivity contribution in [1.82, 2.24) is 9.88 Å². The molecule has 1 aromatic heterocycles. The molecule has 0 radical (unpaired) electrons. The lowest BCUT2D eigenvalue weighted by Gasteiger charge is -2.42.